The molecule has 80 valence electrons. The van der Waals surface area contributed by atoms with Crippen LogP contribution in [0.1, 0.15) is 23.9 Å². The van der Waals surface area contributed by atoms with Gasteiger partial charge in [-0.2, -0.15) is 5.10 Å². The number of aromatic nitrogens is 2. The summed E-state index contributed by atoms with van der Waals surface area (Å²) in [5.74, 6) is 0.250. The van der Waals surface area contributed by atoms with Crippen molar-refractivity contribution in [3.8, 4) is 0 Å². The van der Waals surface area contributed by atoms with Gasteiger partial charge in [0.2, 0.25) is 0 Å². The summed E-state index contributed by atoms with van der Waals surface area (Å²) in [5.41, 5.74) is 3.45. The van der Waals surface area contributed by atoms with Crippen molar-refractivity contribution in [3.05, 3.63) is 17.0 Å². The number of hydrogen-bond acceptors (Lipinski definition) is 2. The van der Waals surface area contributed by atoms with Crippen LogP contribution in [-0.4, -0.2) is 26.9 Å². The Bertz CT molecular complexity index is 309. The number of alkyl halides is 1. The summed E-state index contributed by atoms with van der Waals surface area (Å²) in [6, 6.07) is 0. The van der Waals surface area contributed by atoms with Gasteiger partial charge in [-0.1, -0.05) is 6.92 Å². The second kappa shape index (κ2) is 4.80. The topological polar surface area (TPSA) is 38.0 Å². The van der Waals surface area contributed by atoms with Gasteiger partial charge in [-0.25, -0.2) is 0 Å². The zero-order valence-electron chi connectivity index (χ0n) is 8.92. The molecule has 1 heterocycles. The molecule has 0 aliphatic heterocycles. The van der Waals surface area contributed by atoms with E-state index in [0.29, 0.717) is 6.54 Å². The molecule has 0 saturated carbocycles. The molecule has 0 amide bonds. The lowest BCUT2D eigenvalue weighted by Gasteiger charge is -2.08. The van der Waals surface area contributed by atoms with E-state index in [9.17, 15) is 5.11 Å². The molecule has 0 radical (unpaired) electrons. The van der Waals surface area contributed by atoms with Gasteiger partial charge in [0.25, 0.3) is 0 Å². The van der Waals surface area contributed by atoms with Crippen molar-refractivity contribution >= 4 is 11.6 Å². The molecule has 1 aromatic rings. The molecule has 1 rings (SSSR count). The largest absolute Gasteiger partial charge is 0.390 e. The molecule has 0 spiro atoms. The fourth-order valence-electron chi connectivity index (χ4n) is 1.67. The van der Waals surface area contributed by atoms with Crippen LogP contribution in [0.15, 0.2) is 0 Å². The van der Waals surface area contributed by atoms with Crippen molar-refractivity contribution in [1.82, 2.24) is 9.78 Å². The maximum atomic E-state index is 9.42. The number of nitrogens with zero attached hydrogens (tertiary/aromatic N) is 2. The smallest absolute Gasteiger partial charge is 0.0871 e. The van der Waals surface area contributed by atoms with E-state index < -0.39 is 6.10 Å². The fraction of sp³-hybridized carbons (Fsp3) is 0.700. The van der Waals surface area contributed by atoms with Gasteiger partial charge in [0.15, 0.2) is 0 Å². The third-order valence-corrected chi connectivity index (χ3v) is 2.80. The van der Waals surface area contributed by atoms with Crippen LogP contribution in [0, 0.1) is 13.8 Å². The third-order valence-electron chi connectivity index (χ3n) is 2.45. The Balaban J connectivity index is 2.88. The van der Waals surface area contributed by atoms with E-state index in [4.69, 9.17) is 11.6 Å². The molecular formula is C10H17ClN2O. The van der Waals surface area contributed by atoms with Crippen molar-refractivity contribution in [3.63, 3.8) is 0 Å². The number of halogens is 1. The number of hydrogen-bond donors (Lipinski definition) is 1. The van der Waals surface area contributed by atoms with Crippen LogP contribution in [0.3, 0.4) is 0 Å². The minimum absolute atomic E-state index is 0.250. The van der Waals surface area contributed by atoms with Gasteiger partial charge >= 0.3 is 0 Å². The summed E-state index contributed by atoms with van der Waals surface area (Å²) in [7, 11) is 0. The van der Waals surface area contributed by atoms with Gasteiger partial charge in [-0.15, -0.1) is 11.6 Å². The molecule has 0 fully saturated rings. The molecule has 0 bridgehead atoms. The molecule has 1 aromatic heterocycles. The molecule has 14 heavy (non-hydrogen) atoms. The van der Waals surface area contributed by atoms with Crippen LogP contribution in [0.2, 0.25) is 0 Å². The number of aliphatic hydroxyl groups is 1. The van der Waals surface area contributed by atoms with Crippen molar-refractivity contribution in [2.75, 3.05) is 5.88 Å². The Morgan fingerprint density at radius 1 is 1.50 bits per heavy atom. The zero-order chi connectivity index (χ0) is 10.7. The van der Waals surface area contributed by atoms with E-state index in [0.717, 1.165) is 17.8 Å². The standard InChI is InChI=1S/C10H17ClN2O/c1-4-10-7(2)12-13(8(10)3)6-9(14)5-11/h9,14H,4-6H2,1-3H3. The second-order valence-corrected chi connectivity index (χ2v) is 3.80. The zero-order valence-corrected chi connectivity index (χ0v) is 9.67. The van der Waals surface area contributed by atoms with E-state index in [2.05, 4.69) is 12.0 Å². The third kappa shape index (κ3) is 2.28. The first-order valence-corrected chi connectivity index (χ1v) is 5.40. The Hall–Kier alpha value is -0.540. The lowest BCUT2D eigenvalue weighted by molar-refractivity contribution is 0.170. The molecule has 0 aromatic carbocycles. The summed E-state index contributed by atoms with van der Waals surface area (Å²) >= 11 is 5.54. The molecule has 3 nitrogen and oxygen atoms in total. The monoisotopic (exact) mass is 216 g/mol. The van der Waals surface area contributed by atoms with Crippen molar-refractivity contribution < 1.29 is 5.11 Å². The van der Waals surface area contributed by atoms with Crippen molar-refractivity contribution in [2.45, 2.75) is 39.8 Å². The lowest BCUT2D eigenvalue weighted by Crippen LogP contribution is -2.19. The summed E-state index contributed by atoms with van der Waals surface area (Å²) in [6.07, 6.45) is 0.466. The predicted molar refractivity (Wildman–Crippen MR) is 57.8 cm³/mol. The van der Waals surface area contributed by atoms with Crippen molar-refractivity contribution in [2.24, 2.45) is 0 Å². The minimum Gasteiger partial charge on any atom is -0.390 e. The Morgan fingerprint density at radius 3 is 2.57 bits per heavy atom. The summed E-state index contributed by atoms with van der Waals surface area (Å²) in [4.78, 5) is 0. The first-order chi connectivity index (χ1) is 6.60. The Kier molecular flexibility index (Phi) is 3.96. The molecular weight excluding hydrogens is 200 g/mol. The normalized spacial score (nSPS) is 13.2. The van der Waals surface area contributed by atoms with Crippen molar-refractivity contribution in [1.29, 1.82) is 0 Å². The summed E-state index contributed by atoms with van der Waals surface area (Å²) in [6.45, 7) is 6.62. The highest BCUT2D eigenvalue weighted by molar-refractivity contribution is 6.18. The lowest BCUT2D eigenvalue weighted by atomic mass is 10.1. The van der Waals surface area contributed by atoms with E-state index in [1.54, 1.807) is 0 Å². The number of aliphatic hydroxyl groups excluding tert-OH is 1. The first-order valence-electron chi connectivity index (χ1n) is 4.87. The molecule has 1 unspecified atom stereocenters. The first kappa shape index (κ1) is 11.5. The van der Waals surface area contributed by atoms with Crippen LogP contribution >= 0.6 is 11.6 Å². The molecule has 1 atom stereocenters. The fourth-order valence-corrected chi connectivity index (χ4v) is 1.77. The van der Waals surface area contributed by atoms with Gasteiger partial charge in [-0.3, -0.25) is 4.68 Å². The highest BCUT2D eigenvalue weighted by atomic mass is 35.5. The van der Waals surface area contributed by atoms with Crippen LogP contribution in [0.25, 0.3) is 0 Å². The molecule has 0 aliphatic rings. The highest BCUT2D eigenvalue weighted by Crippen LogP contribution is 2.13. The average Bonchev–Trinajstić information content (AvgIpc) is 2.42. The summed E-state index contributed by atoms with van der Waals surface area (Å²) < 4.78 is 1.83. The van der Waals surface area contributed by atoms with Gasteiger partial charge < -0.3 is 5.11 Å². The van der Waals surface area contributed by atoms with E-state index in [1.165, 1.54) is 5.56 Å². The van der Waals surface area contributed by atoms with E-state index in [-0.39, 0.29) is 5.88 Å². The van der Waals surface area contributed by atoms with E-state index in [1.807, 2.05) is 18.5 Å². The number of aryl methyl sites for hydroxylation is 1. The SMILES string of the molecule is CCc1c(C)nn(CC(O)CCl)c1C. The molecule has 0 saturated heterocycles. The van der Waals surface area contributed by atoms with Crippen LogP contribution in [0.5, 0.6) is 0 Å². The minimum atomic E-state index is -0.514. The van der Waals surface area contributed by atoms with Gasteiger partial charge in [0, 0.05) is 5.69 Å². The highest BCUT2D eigenvalue weighted by Gasteiger charge is 2.12. The van der Waals surface area contributed by atoms with Crippen LogP contribution < -0.4 is 0 Å². The molecule has 0 aliphatic carbocycles. The maximum absolute atomic E-state index is 9.42. The van der Waals surface area contributed by atoms with Gasteiger partial charge in [0.05, 0.1) is 24.2 Å². The van der Waals surface area contributed by atoms with Gasteiger partial charge in [-0.05, 0) is 25.8 Å². The molecule has 1 N–H and O–H groups in total. The van der Waals surface area contributed by atoms with Crippen LogP contribution in [0.4, 0.5) is 0 Å². The van der Waals surface area contributed by atoms with Gasteiger partial charge in [0.1, 0.15) is 0 Å². The average molecular weight is 217 g/mol. The predicted octanol–water partition coefficient (Wildman–Crippen LogP) is 1.66. The Morgan fingerprint density at radius 2 is 2.14 bits per heavy atom. The Labute approximate surface area is 89.7 Å². The molecule has 4 heteroatoms. The second-order valence-electron chi connectivity index (χ2n) is 3.49. The van der Waals surface area contributed by atoms with Crippen LogP contribution in [-0.2, 0) is 13.0 Å². The number of rotatable bonds is 4. The summed E-state index contributed by atoms with van der Waals surface area (Å²) in [5, 5.41) is 13.8. The maximum Gasteiger partial charge on any atom is 0.0871 e. The van der Waals surface area contributed by atoms with E-state index >= 15 is 0 Å². The quantitative estimate of drug-likeness (QED) is 0.778.